The molecule has 0 spiro atoms. The first-order valence-electron chi connectivity index (χ1n) is 22.7. The molecule has 4 aliphatic rings. The topological polar surface area (TPSA) is 3.24 Å². The van der Waals surface area contributed by atoms with Crippen LogP contribution in [0.15, 0.2) is 140 Å². The summed E-state index contributed by atoms with van der Waals surface area (Å²) < 4.78 is 2.86. The average molecular weight is 820 g/mol. The number of anilines is 3. The van der Waals surface area contributed by atoms with Crippen LogP contribution in [0.1, 0.15) is 125 Å². The predicted molar refractivity (Wildman–Crippen MR) is 268 cm³/mol. The number of thiophene rings is 1. The van der Waals surface area contributed by atoms with E-state index in [2.05, 4.69) is 225 Å². The highest BCUT2D eigenvalue weighted by molar-refractivity contribution is 7.34. The van der Waals surface area contributed by atoms with Crippen molar-refractivity contribution in [3.05, 3.63) is 190 Å². The van der Waals surface area contributed by atoms with Crippen molar-refractivity contribution in [2.75, 3.05) is 4.90 Å². The smallest absolute Gasteiger partial charge is 0.260 e. The summed E-state index contributed by atoms with van der Waals surface area (Å²) in [6.45, 7) is 23.8. The van der Waals surface area contributed by atoms with Gasteiger partial charge in [0.2, 0.25) is 0 Å². The van der Waals surface area contributed by atoms with E-state index in [9.17, 15) is 0 Å². The Kier molecular flexibility index (Phi) is 7.68. The van der Waals surface area contributed by atoms with Gasteiger partial charge in [0, 0.05) is 48.5 Å². The highest BCUT2D eigenvalue weighted by atomic mass is 32.1. The highest BCUT2D eigenvalue weighted by Gasteiger charge is 2.48. The monoisotopic (exact) mass is 819 g/mol. The Morgan fingerprint density at radius 2 is 1.11 bits per heavy atom. The quantitative estimate of drug-likeness (QED) is 0.157. The van der Waals surface area contributed by atoms with E-state index < -0.39 is 0 Å². The fraction of sp³-hybridized carbons (Fsp3) is 0.254. The molecule has 12 rings (SSSR count). The molecular formula is C59H54BNS. The summed E-state index contributed by atoms with van der Waals surface area (Å²) in [6, 6.07) is 54.7. The van der Waals surface area contributed by atoms with Gasteiger partial charge in [0.1, 0.15) is 0 Å². The summed E-state index contributed by atoms with van der Waals surface area (Å²) in [6.07, 6.45) is 0. The Balaban J connectivity index is 1.20. The molecule has 7 aromatic carbocycles. The van der Waals surface area contributed by atoms with Gasteiger partial charge >= 0.3 is 0 Å². The van der Waals surface area contributed by atoms with Crippen molar-refractivity contribution in [3.63, 3.8) is 0 Å². The van der Waals surface area contributed by atoms with Crippen LogP contribution in [0.3, 0.4) is 0 Å². The lowest BCUT2D eigenvalue weighted by molar-refractivity contribution is 0.590. The largest absolute Gasteiger partial charge is 0.310 e. The predicted octanol–water partition coefficient (Wildman–Crippen LogP) is 13.9. The molecule has 0 N–H and O–H groups in total. The minimum absolute atomic E-state index is 0.00408. The number of rotatable bonds is 2. The second kappa shape index (κ2) is 12.5. The Morgan fingerprint density at radius 3 is 1.79 bits per heavy atom. The van der Waals surface area contributed by atoms with Crippen LogP contribution in [0.5, 0.6) is 0 Å². The summed E-state index contributed by atoms with van der Waals surface area (Å²) in [5, 5.41) is 1.35. The molecular weight excluding hydrogens is 766 g/mol. The molecule has 62 heavy (non-hydrogen) atoms. The normalized spacial score (nSPS) is 17.2. The summed E-state index contributed by atoms with van der Waals surface area (Å²) in [5.41, 5.74) is 25.0. The third-order valence-electron chi connectivity index (χ3n) is 15.4. The van der Waals surface area contributed by atoms with Crippen molar-refractivity contribution in [2.24, 2.45) is 0 Å². The third-order valence-corrected chi connectivity index (χ3v) is 16.6. The van der Waals surface area contributed by atoms with E-state index in [0.29, 0.717) is 0 Å². The Morgan fingerprint density at radius 1 is 0.532 bits per heavy atom. The number of benzene rings is 7. The molecule has 2 aliphatic carbocycles. The van der Waals surface area contributed by atoms with Crippen LogP contribution in [-0.4, -0.2) is 6.71 Å². The van der Waals surface area contributed by atoms with Gasteiger partial charge in [-0.05, 0) is 101 Å². The minimum atomic E-state index is -0.0797. The maximum absolute atomic E-state index is 2.65. The van der Waals surface area contributed by atoms with Crippen molar-refractivity contribution in [3.8, 4) is 22.3 Å². The lowest BCUT2D eigenvalue weighted by Gasteiger charge is -2.42. The van der Waals surface area contributed by atoms with Crippen LogP contribution in [0.4, 0.5) is 17.1 Å². The van der Waals surface area contributed by atoms with E-state index in [4.69, 9.17) is 0 Å². The first-order valence-corrected chi connectivity index (χ1v) is 23.5. The van der Waals surface area contributed by atoms with Gasteiger partial charge in [-0.1, -0.05) is 196 Å². The van der Waals surface area contributed by atoms with Crippen molar-refractivity contribution >= 4 is 60.9 Å². The van der Waals surface area contributed by atoms with Gasteiger partial charge in [0.15, 0.2) is 0 Å². The average Bonchev–Trinajstić information content (AvgIpc) is 3.83. The van der Waals surface area contributed by atoms with Crippen LogP contribution in [0.2, 0.25) is 0 Å². The molecule has 1 nitrogen and oxygen atoms in total. The third kappa shape index (κ3) is 4.98. The second-order valence-corrected chi connectivity index (χ2v) is 22.7. The van der Waals surface area contributed by atoms with E-state index >= 15 is 0 Å². The number of fused-ring (bicyclic) bond motifs is 13. The molecule has 1 atom stereocenters. The Hall–Kier alpha value is -5.64. The molecule has 304 valence electrons. The van der Waals surface area contributed by atoms with Crippen molar-refractivity contribution < 1.29 is 0 Å². The highest BCUT2D eigenvalue weighted by Crippen LogP contribution is 2.57. The molecule has 0 amide bonds. The molecule has 8 aromatic rings. The summed E-state index contributed by atoms with van der Waals surface area (Å²) in [5.74, 6) is 0.0695. The summed E-state index contributed by atoms with van der Waals surface area (Å²) in [4.78, 5) is 2.65. The number of hydrogen-bond donors (Lipinski definition) is 0. The number of hydrogen-bond acceptors (Lipinski definition) is 2. The number of nitrogens with zero attached hydrogens (tertiary/aromatic N) is 1. The minimum Gasteiger partial charge on any atom is -0.310 e. The lowest BCUT2D eigenvalue weighted by Crippen LogP contribution is -2.61. The zero-order valence-electron chi connectivity index (χ0n) is 37.8. The molecule has 0 fully saturated rings. The molecule has 3 heteroatoms. The molecule has 0 radical (unpaired) electrons. The van der Waals surface area contributed by atoms with Crippen LogP contribution in [0.25, 0.3) is 32.3 Å². The van der Waals surface area contributed by atoms with Gasteiger partial charge in [-0.2, -0.15) is 0 Å². The molecule has 0 saturated heterocycles. The maximum Gasteiger partial charge on any atom is 0.260 e. The SMILES string of the molecule is CC(C)(C)c1ccc(N2c3cccc4c3B(c3cc(C(C)(C)C)ccc3C4c3cccc4c3-c3ccccc3C4(C)C)c3sc4c5c(ccc4c32)C(C)(C)c2ccccc2-5)cc1. The van der Waals surface area contributed by atoms with E-state index in [1.807, 2.05) is 0 Å². The second-order valence-electron chi connectivity index (χ2n) is 21.7. The van der Waals surface area contributed by atoms with Gasteiger partial charge < -0.3 is 4.90 Å². The van der Waals surface area contributed by atoms with Crippen molar-refractivity contribution in [2.45, 2.75) is 96.8 Å². The fourth-order valence-electron chi connectivity index (χ4n) is 12.1. The summed E-state index contributed by atoms with van der Waals surface area (Å²) >= 11 is 2.06. The molecule has 3 heterocycles. The molecule has 0 bridgehead atoms. The molecule has 1 aromatic heterocycles. The van der Waals surface area contributed by atoms with Crippen LogP contribution >= 0.6 is 11.3 Å². The Bertz CT molecular complexity index is 3220. The lowest BCUT2D eigenvalue weighted by atomic mass is 9.33. The summed E-state index contributed by atoms with van der Waals surface area (Å²) in [7, 11) is 0. The van der Waals surface area contributed by atoms with E-state index in [1.165, 1.54) is 115 Å². The molecule has 2 aliphatic heterocycles. The van der Waals surface area contributed by atoms with Gasteiger partial charge in [0.25, 0.3) is 6.71 Å². The first kappa shape index (κ1) is 38.1. The zero-order valence-corrected chi connectivity index (χ0v) is 38.6. The standard InChI is InChI=1S/C59H54BNS/c1-56(2,3)34-25-28-36(29-26-34)61-48-24-16-20-41-49(40-19-15-23-45-50(40)37-17-11-13-21-43(37)58(45,7)8)39-30-27-35(57(4,5)6)33-47(39)60(52(41)48)55-53(61)42-31-32-46-51(54(42)62-55)38-18-12-14-22-44(38)59(46,9)10/h11-33,49H,1-10H3. The van der Waals surface area contributed by atoms with Gasteiger partial charge in [-0.15, -0.1) is 11.3 Å². The van der Waals surface area contributed by atoms with Crippen LogP contribution in [0, 0.1) is 0 Å². The van der Waals surface area contributed by atoms with Crippen LogP contribution < -0.4 is 20.6 Å². The van der Waals surface area contributed by atoms with Crippen molar-refractivity contribution in [1.82, 2.24) is 0 Å². The maximum atomic E-state index is 2.65. The van der Waals surface area contributed by atoms with E-state index in [-0.39, 0.29) is 34.3 Å². The van der Waals surface area contributed by atoms with E-state index in [0.717, 1.165) is 0 Å². The van der Waals surface area contributed by atoms with Crippen molar-refractivity contribution in [1.29, 1.82) is 0 Å². The van der Waals surface area contributed by atoms with Gasteiger partial charge in [0.05, 0.1) is 5.69 Å². The van der Waals surface area contributed by atoms with Crippen LogP contribution in [-0.2, 0) is 21.7 Å². The zero-order chi connectivity index (χ0) is 42.8. The van der Waals surface area contributed by atoms with Gasteiger partial charge in [-0.3, -0.25) is 0 Å². The fourth-order valence-corrected chi connectivity index (χ4v) is 13.6. The Labute approximate surface area is 372 Å². The molecule has 1 unspecified atom stereocenters. The molecule has 0 saturated carbocycles. The van der Waals surface area contributed by atoms with Gasteiger partial charge in [-0.25, -0.2) is 0 Å². The van der Waals surface area contributed by atoms with E-state index in [1.54, 1.807) is 0 Å². The first-order chi connectivity index (χ1) is 29.6.